The number of carbonyl (C=O) groups excluding carboxylic acids is 2. The lowest BCUT2D eigenvalue weighted by Crippen LogP contribution is -2.32. The third kappa shape index (κ3) is 5.73. The summed E-state index contributed by atoms with van der Waals surface area (Å²) < 4.78 is 10.1. The minimum atomic E-state index is -0.165. The third-order valence-corrected chi connectivity index (χ3v) is 6.01. The van der Waals surface area contributed by atoms with Crippen LogP contribution in [0.4, 0.5) is 5.69 Å². The second kappa shape index (κ2) is 10.4. The molecule has 2 aliphatic rings. The largest absolute Gasteiger partial charge is 0.469 e. The first kappa shape index (κ1) is 22.0. The molecule has 0 aromatic heterocycles. The first-order valence-corrected chi connectivity index (χ1v) is 11.1. The Hall–Kier alpha value is -3.19. The summed E-state index contributed by atoms with van der Waals surface area (Å²) in [4.78, 5) is 24.3. The number of anilines is 1. The number of morpholine rings is 1. The van der Waals surface area contributed by atoms with Gasteiger partial charge in [-0.15, -0.1) is 0 Å². The van der Waals surface area contributed by atoms with E-state index < -0.39 is 0 Å². The molecule has 1 atom stereocenters. The van der Waals surface area contributed by atoms with Crippen LogP contribution in [-0.2, 0) is 27.1 Å². The summed E-state index contributed by atoms with van der Waals surface area (Å²) in [5, 5.41) is 9.44. The maximum absolute atomic E-state index is 12.7. The Morgan fingerprint density at radius 2 is 1.94 bits per heavy atom. The van der Waals surface area contributed by atoms with Crippen molar-refractivity contribution in [1.82, 2.24) is 5.01 Å². The minimum absolute atomic E-state index is 0.150. The monoisotopic (exact) mass is 435 g/mol. The number of nitrogens with one attached hydrogen (secondary N) is 1. The molecule has 1 N–H and O–H groups in total. The van der Waals surface area contributed by atoms with E-state index in [0.29, 0.717) is 25.2 Å². The molecule has 1 aliphatic carbocycles. The van der Waals surface area contributed by atoms with Gasteiger partial charge in [0, 0.05) is 17.7 Å². The summed E-state index contributed by atoms with van der Waals surface area (Å²) in [7, 11) is 1.43. The van der Waals surface area contributed by atoms with E-state index in [4.69, 9.17) is 9.47 Å². The minimum Gasteiger partial charge on any atom is -0.469 e. The maximum Gasteiger partial charge on any atom is 0.305 e. The van der Waals surface area contributed by atoms with Crippen molar-refractivity contribution < 1.29 is 19.1 Å². The maximum atomic E-state index is 12.7. The molecule has 0 bridgehead atoms. The molecule has 32 heavy (non-hydrogen) atoms. The van der Waals surface area contributed by atoms with Gasteiger partial charge in [-0.2, -0.15) is 5.10 Å². The first-order valence-electron chi connectivity index (χ1n) is 11.1. The average molecular weight is 436 g/mol. The molecule has 4 rings (SSSR count). The Kier molecular flexibility index (Phi) is 7.17. The highest BCUT2D eigenvalue weighted by atomic mass is 16.5. The van der Waals surface area contributed by atoms with Crippen molar-refractivity contribution in [3.05, 3.63) is 64.7 Å². The van der Waals surface area contributed by atoms with Crippen LogP contribution in [0, 0.1) is 5.92 Å². The number of hydrogen-bond acceptors (Lipinski definition) is 6. The zero-order chi connectivity index (χ0) is 22.3. The highest BCUT2D eigenvalue weighted by Crippen LogP contribution is 2.30. The molecule has 1 saturated heterocycles. The van der Waals surface area contributed by atoms with Crippen LogP contribution in [0.2, 0.25) is 0 Å². The van der Waals surface area contributed by atoms with Crippen molar-refractivity contribution in [3.8, 4) is 0 Å². The molecule has 1 amide bonds. The summed E-state index contributed by atoms with van der Waals surface area (Å²) in [5.74, 6) is -0.0301. The van der Waals surface area contributed by atoms with Gasteiger partial charge in [0.1, 0.15) is 0 Å². The van der Waals surface area contributed by atoms with Gasteiger partial charge in [-0.3, -0.25) is 14.6 Å². The number of fused-ring (bicyclic) bond motifs is 1. The number of ether oxygens (including phenoxy) is 2. The average Bonchev–Trinajstić information content (AvgIpc) is 2.83. The van der Waals surface area contributed by atoms with Crippen LogP contribution in [-0.4, -0.2) is 56.5 Å². The number of esters is 1. The second-order valence-electron chi connectivity index (χ2n) is 8.26. The fourth-order valence-corrected chi connectivity index (χ4v) is 4.14. The van der Waals surface area contributed by atoms with Crippen molar-refractivity contribution in [2.45, 2.75) is 25.7 Å². The quantitative estimate of drug-likeness (QED) is 0.556. The van der Waals surface area contributed by atoms with Crippen LogP contribution < -0.4 is 5.32 Å². The summed E-state index contributed by atoms with van der Waals surface area (Å²) >= 11 is 0. The van der Waals surface area contributed by atoms with E-state index >= 15 is 0 Å². The Balaban J connectivity index is 1.36. The molecule has 1 heterocycles. The van der Waals surface area contributed by atoms with Gasteiger partial charge in [-0.25, -0.2) is 0 Å². The van der Waals surface area contributed by atoms with E-state index in [1.165, 1.54) is 18.2 Å². The van der Waals surface area contributed by atoms with Gasteiger partial charge >= 0.3 is 5.97 Å². The van der Waals surface area contributed by atoms with E-state index in [2.05, 4.69) is 16.5 Å². The van der Waals surface area contributed by atoms with Crippen molar-refractivity contribution in [2.24, 2.45) is 11.0 Å². The smallest absolute Gasteiger partial charge is 0.305 e. The third-order valence-electron chi connectivity index (χ3n) is 6.01. The van der Waals surface area contributed by atoms with E-state index in [1.54, 1.807) is 18.3 Å². The number of methoxy groups -OCH3 is 1. The molecule has 0 spiro atoms. The van der Waals surface area contributed by atoms with Crippen LogP contribution in [0.1, 0.15) is 39.9 Å². The Morgan fingerprint density at radius 3 is 2.69 bits per heavy atom. The van der Waals surface area contributed by atoms with Crippen LogP contribution in [0.3, 0.4) is 0 Å². The molecular formula is C25H29N3O4. The standard InChI is InChI=1S/C25H29N3O4/c1-31-24(29)15-19-4-5-20-8-9-23(16-22(20)14-19)27-25(30)21-6-2-18(3-7-21)17-26-28-10-12-32-13-11-28/h2-3,6-9,16-17,19H,4-5,10-15H2,1H3,(H,27,30). The van der Waals surface area contributed by atoms with Gasteiger partial charge < -0.3 is 14.8 Å². The Bertz CT molecular complexity index is 981. The molecule has 1 fully saturated rings. The van der Waals surface area contributed by atoms with Crippen LogP contribution in [0.15, 0.2) is 47.6 Å². The zero-order valence-electron chi connectivity index (χ0n) is 18.4. The molecule has 1 unspecified atom stereocenters. The molecular weight excluding hydrogens is 406 g/mol. The Labute approximate surface area is 188 Å². The number of carbonyl (C=O) groups is 2. The number of nitrogens with zero attached hydrogens (tertiary/aromatic N) is 2. The molecule has 7 heteroatoms. The lowest BCUT2D eigenvalue weighted by molar-refractivity contribution is -0.141. The highest BCUT2D eigenvalue weighted by molar-refractivity contribution is 6.04. The van der Waals surface area contributed by atoms with Crippen molar-refractivity contribution in [3.63, 3.8) is 0 Å². The molecule has 2 aromatic carbocycles. The summed E-state index contributed by atoms with van der Waals surface area (Å²) in [6, 6.07) is 13.4. The van der Waals surface area contributed by atoms with Crippen molar-refractivity contribution in [2.75, 3.05) is 38.7 Å². The lowest BCUT2D eigenvalue weighted by Gasteiger charge is -2.24. The number of aryl methyl sites for hydroxylation is 1. The molecule has 1 aliphatic heterocycles. The second-order valence-corrected chi connectivity index (χ2v) is 8.26. The summed E-state index contributed by atoms with van der Waals surface area (Å²) in [6.45, 7) is 2.98. The fourth-order valence-electron chi connectivity index (χ4n) is 4.14. The van der Waals surface area contributed by atoms with Gasteiger partial charge in [-0.05, 0) is 66.1 Å². The lowest BCUT2D eigenvalue weighted by atomic mass is 9.82. The zero-order valence-corrected chi connectivity index (χ0v) is 18.4. The van der Waals surface area contributed by atoms with E-state index in [1.807, 2.05) is 29.3 Å². The van der Waals surface area contributed by atoms with Crippen molar-refractivity contribution >= 4 is 23.8 Å². The van der Waals surface area contributed by atoms with Crippen molar-refractivity contribution in [1.29, 1.82) is 0 Å². The topological polar surface area (TPSA) is 80.2 Å². The van der Waals surface area contributed by atoms with Crippen LogP contribution in [0.5, 0.6) is 0 Å². The van der Waals surface area contributed by atoms with E-state index in [0.717, 1.165) is 43.6 Å². The first-order chi connectivity index (χ1) is 15.6. The van der Waals surface area contributed by atoms with Gasteiger partial charge in [-0.1, -0.05) is 18.2 Å². The molecule has 0 saturated carbocycles. The van der Waals surface area contributed by atoms with Gasteiger partial charge in [0.25, 0.3) is 5.91 Å². The number of amides is 1. The number of hydrogen-bond donors (Lipinski definition) is 1. The van der Waals surface area contributed by atoms with E-state index in [-0.39, 0.29) is 17.8 Å². The Morgan fingerprint density at radius 1 is 1.16 bits per heavy atom. The number of benzene rings is 2. The van der Waals surface area contributed by atoms with Crippen LogP contribution >= 0.6 is 0 Å². The predicted molar refractivity (Wildman–Crippen MR) is 123 cm³/mol. The van der Waals surface area contributed by atoms with Crippen LogP contribution in [0.25, 0.3) is 0 Å². The normalized spacial score (nSPS) is 18.3. The van der Waals surface area contributed by atoms with E-state index in [9.17, 15) is 9.59 Å². The predicted octanol–water partition coefficient (Wildman–Crippen LogP) is 3.27. The fraction of sp³-hybridized carbons (Fsp3) is 0.400. The molecule has 7 nitrogen and oxygen atoms in total. The SMILES string of the molecule is COC(=O)CC1CCc2ccc(NC(=O)c3ccc(C=NN4CCOCC4)cc3)cc2C1. The van der Waals surface area contributed by atoms with Gasteiger partial charge in [0.05, 0.1) is 39.6 Å². The van der Waals surface area contributed by atoms with Gasteiger partial charge in [0.15, 0.2) is 0 Å². The summed E-state index contributed by atoms with van der Waals surface area (Å²) in [5.41, 5.74) is 4.78. The molecule has 168 valence electrons. The molecule has 2 aromatic rings. The molecule has 0 radical (unpaired) electrons. The highest BCUT2D eigenvalue weighted by Gasteiger charge is 2.22. The number of hydrazone groups is 1. The van der Waals surface area contributed by atoms with Gasteiger partial charge in [0.2, 0.25) is 0 Å². The number of rotatable bonds is 6. The summed E-state index contributed by atoms with van der Waals surface area (Å²) in [6.07, 6.45) is 4.99.